The molecule has 0 radical (unpaired) electrons. The predicted octanol–water partition coefficient (Wildman–Crippen LogP) is 1.69. The molecule has 92 valence electrons. The molecule has 2 amide bonds. The van der Waals surface area contributed by atoms with Gasteiger partial charge in [0.05, 0.1) is 6.54 Å². The molecule has 5 nitrogen and oxygen atoms in total. The zero-order chi connectivity index (χ0) is 12.9. The minimum Gasteiger partial charge on any atom is -0.480 e. The molecule has 0 aromatic rings. The topological polar surface area (TPSA) is 78.4 Å². The molecular formula is C10H17BrN2O3. The van der Waals surface area contributed by atoms with E-state index in [4.69, 9.17) is 5.11 Å². The summed E-state index contributed by atoms with van der Waals surface area (Å²) >= 11 is 3.08. The Morgan fingerprint density at radius 3 is 2.25 bits per heavy atom. The summed E-state index contributed by atoms with van der Waals surface area (Å²) in [6.07, 6.45) is 0. The van der Waals surface area contributed by atoms with Crippen LogP contribution in [0.1, 0.15) is 20.8 Å². The van der Waals surface area contributed by atoms with Crippen LogP contribution in [0, 0.1) is 5.41 Å². The number of urea groups is 1. The molecule has 3 N–H and O–H groups in total. The second-order valence-electron chi connectivity index (χ2n) is 4.48. The minimum absolute atomic E-state index is 0.252. The Labute approximate surface area is 103 Å². The van der Waals surface area contributed by atoms with Crippen LogP contribution in [-0.2, 0) is 4.79 Å². The summed E-state index contributed by atoms with van der Waals surface area (Å²) in [7, 11) is 0. The molecule has 0 aliphatic heterocycles. The van der Waals surface area contributed by atoms with Gasteiger partial charge in [-0.3, -0.25) is 0 Å². The number of rotatable bonds is 4. The Morgan fingerprint density at radius 2 is 1.94 bits per heavy atom. The molecule has 0 saturated heterocycles. The molecule has 0 aliphatic carbocycles. The molecule has 0 saturated carbocycles. The molecule has 0 unspecified atom stereocenters. The van der Waals surface area contributed by atoms with Gasteiger partial charge >= 0.3 is 12.0 Å². The number of nitrogens with one attached hydrogen (secondary N) is 2. The molecule has 0 aromatic heterocycles. The van der Waals surface area contributed by atoms with Crippen LogP contribution in [0.3, 0.4) is 0 Å². The van der Waals surface area contributed by atoms with Crippen LogP contribution in [0.2, 0.25) is 0 Å². The number of carbonyl (C=O) groups excluding carboxylic acids is 1. The highest BCUT2D eigenvalue weighted by Crippen LogP contribution is 2.19. The van der Waals surface area contributed by atoms with Crippen molar-refractivity contribution in [3.63, 3.8) is 0 Å². The molecule has 0 bridgehead atoms. The quantitative estimate of drug-likeness (QED) is 0.738. The van der Waals surface area contributed by atoms with E-state index in [1.807, 2.05) is 0 Å². The van der Waals surface area contributed by atoms with E-state index in [1.54, 1.807) is 20.8 Å². The largest absolute Gasteiger partial charge is 0.480 e. The number of hydrogen-bond acceptors (Lipinski definition) is 2. The molecule has 0 spiro atoms. The predicted molar refractivity (Wildman–Crippen MR) is 65.5 cm³/mol. The first-order valence-electron chi connectivity index (χ1n) is 4.75. The number of hydrogen-bond donors (Lipinski definition) is 3. The highest BCUT2D eigenvalue weighted by atomic mass is 79.9. The van der Waals surface area contributed by atoms with Crippen molar-refractivity contribution < 1.29 is 14.7 Å². The van der Waals surface area contributed by atoms with E-state index in [2.05, 4.69) is 33.1 Å². The Morgan fingerprint density at radius 1 is 1.44 bits per heavy atom. The van der Waals surface area contributed by atoms with E-state index in [9.17, 15) is 9.59 Å². The van der Waals surface area contributed by atoms with Crippen molar-refractivity contribution in [2.45, 2.75) is 26.8 Å². The van der Waals surface area contributed by atoms with Crippen molar-refractivity contribution in [2.24, 2.45) is 5.41 Å². The lowest BCUT2D eigenvalue weighted by Crippen LogP contribution is -2.52. The molecule has 0 fully saturated rings. The van der Waals surface area contributed by atoms with E-state index in [-0.39, 0.29) is 6.54 Å². The average molecular weight is 293 g/mol. The number of halogens is 1. The second kappa shape index (κ2) is 5.89. The first kappa shape index (κ1) is 15.0. The monoisotopic (exact) mass is 292 g/mol. The van der Waals surface area contributed by atoms with Crippen LogP contribution in [0.5, 0.6) is 0 Å². The molecule has 6 heteroatoms. The van der Waals surface area contributed by atoms with Gasteiger partial charge in [0.25, 0.3) is 0 Å². The van der Waals surface area contributed by atoms with Gasteiger partial charge in [-0.1, -0.05) is 43.3 Å². The Hall–Kier alpha value is -1.04. The van der Waals surface area contributed by atoms with Gasteiger partial charge in [0.15, 0.2) is 0 Å². The van der Waals surface area contributed by atoms with Crippen molar-refractivity contribution in [3.05, 3.63) is 11.1 Å². The summed E-state index contributed by atoms with van der Waals surface area (Å²) in [6, 6.07) is -1.46. The van der Waals surface area contributed by atoms with Crippen LogP contribution in [0.15, 0.2) is 11.1 Å². The second-order valence-corrected chi connectivity index (χ2v) is 5.60. The maximum atomic E-state index is 11.4. The van der Waals surface area contributed by atoms with Gasteiger partial charge in [-0.25, -0.2) is 9.59 Å². The number of carboxylic acids is 1. The number of aliphatic carboxylic acids is 1. The lowest BCUT2D eigenvalue weighted by molar-refractivity contribution is -0.141. The standard InChI is InChI=1S/C10H17BrN2O3/c1-6(11)5-12-9(16)13-7(8(14)15)10(2,3)4/h7H,1,5H2,2-4H3,(H,14,15)(H2,12,13,16)/t7-/m1/s1. The average Bonchev–Trinajstić information content (AvgIpc) is 2.08. The third-order valence-corrected chi connectivity index (χ3v) is 2.11. The van der Waals surface area contributed by atoms with Crippen molar-refractivity contribution in [2.75, 3.05) is 6.54 Å². The van der Waals surface area contributed by atoms with Crippen molar-refractivity contribution in [3.8, 4) is 0 Å². The van der Waals surface area contributed by atoms with Crippen LogP contribution in [0.25, 0.3) is 0 Å². The molecule has 0 rings (SSSR count). The molecule has 0 aromatic carbocycles. The smallest absolute Gasteiger partial charge is 0.326 e. The summed E-state index contributed by atoms with van der Waals surface area (Å²) in [6.45, 7) is 9.04. The third-order valence-electron chi connectivity index (χ3n) is 1.83. The van der Waals surface area contributed by atoms with Crippen molar-refractivity contribution in [1.29, 1.82) is 0 Å². The number of amides is 2. The van der Waals surface area contributed by atoms with Crippen LogP contribution in [-0.4, -0.2) is 29.7 Å². The molecule has 0 heterocycles. The lowest BCUT2D eigenvalue weighted by atomic mass is 9.87. The SMILES string of the molecule is C=C(Br)CNC(=O)N[C@H](C(=O)O)C(C)(C)C. The minimum atomic E-state index is -1.06. The Bertz CT molecular complexity index is 297. The summed E-state index contributed by atoms with van der Waals surface area (Å²) in [5, 5.41) is 13.8. The molecule has 0 aliphatic rings. The van der Waals surface area contributed by atoms with Crippen LogP contribution in [0.4, 0.5) is 4.79 Å². The molecule has 1 atom stereocenters. The van der Waals surface area contributed by atoms with Crippen LogP contribution < -0.4 is 10.6 Å². The molecule has 16 heavy (non-hydrogen) atoms. The fourth-order valence-electron chi connectivity index (χ4n) is 1.01. The number of carboxylic acid groups (broad SMARTS) is 1. The van der Waals surface area contributed by atoms with Crippen molar-refractivity contribution in [1.82, 2.24) is 10.6 Å². The lowest BCUT2D eigenvalue weighted by Gasteiger charge is -2.27. The van der Waals surface area contributed by atoms with Gasteiger partial charge in [-0.05, 0) is 5.41 Å². The first-order chi connectivity index (χ1) is 7.14. The highest BCUT2D eigenvalue weighted by molar-refractivity contribution is 9.11. The maximum absolute atomic E-state index is 11.4. The Balaban J connectivity index is 4.37. The fourth-order valence-corrected chi connectivity index (χ4v) is 1.15. The normalized spacial score (nSPS) is 12.8. The van der Waals surface area contributed by atoms with Gasteiger partial charge in [-0.2, -0.15) is 0 Å². The highest BCUT2D eigenvalue weighted by Gasteiger charge is 2.32. The van der Waals surface area contributed by atoms with Crippen molar-refractivity contribution >= 4 is 27.9 Å². The van der Waals surface area contributed by atoms with E-state index < -0.39 is 23.5 Å². The van der Waals surface area contributed by atoms with E-state index in [1.165, 1.54) is 0 Å². The van der Waals surface area contributed by atoms with Crippen LogP contribution >= 0.6 is 15.9 Å². The van der Waals surface area contributed by atoms with E-state index in [0.717, 1.165) is 0 Å². The van der Waals surface area contributed by atoms with E-state index >= 15 is 0 Å². The molecular weight excluding hydrogens is 276 g/mol. The summed E-state index contributed by atoms with van der Waals surface area (Å²) in [5.41, 5.74) is -0.547. The van der Waals surface area contributed by atoms with Gasteiger partial charge < -0.3 is 15.7 Å². The zero-order valence-electron chi connectivity index (χ0n) is 9.63. The van der Waals surface area contributed by atoms with Gasteiger partial charge in [-0.15, -0.1) is 0 Å². The summed E-state index contributed by atoms with van der Waals surface area (Å²) in [5.74, 6) is -1.06. The summed E-state index contributed by atoms with van der Waals surface area (Å²) < 4.78 is 0.616. The van der Waals surface area contributed by atoms with Gasteiger partial charge in [0.2, 0.25) is 0 Å². The number of carbonyl (C=O) groups is 2. The van der Waals surface area contributed by atoms with Gasteiger partial charge in [0.1, 0.15) is 6.04 Å². The zero-order valence-corrected chi connectivity index (χ0v) is 11.2. The third kappa shape index (κ3) is 5.75. The Kier molecular flexibility index (Phi) is 5.50. The summed E-state index contributed by atoms with van der Waals surface area (Å²) in [4.78, 5) is 22.3. The fraction of sp³-hybridized carbons (Fsp3) is 0.600. The van der Waals surface area contributed by atoms with E-state index in [0.29, 0.717) is 4.48 Å². The van der Waals surface area contributed by atoms with Gasteiger partial charge in [0, 0.05) is 4.48 Å². The first-order valence-corrected chi connectivity index (χ1v) is 5.54. The maximum Gasteiger partial charge on any atom is 0.326 e.